The highest BCUT2D eigenvalue weighted by Crippen LogP contribution is 2.18. The Labute approximate surface area is 98.4 Å². The fourth-order valence-electron chi connectivity index (χ4n) is 1.68. The van der Waals surface area contributed by atoms with Gasteiger partial charge in [0.25, 0.3) is 0 Å². The number of nitrogen functional groups attached to an aromatic ring is 1. The third-order valence-corrected chi connectivity index (χ3v) is 2.62. The van der Waals surface area contributed by atoms with E-state index >= 15 is 0 Å². The van der Waals surface area contributed by atoms with Crippen molar-refractivity contribution in [3.8, 4) is 0 Å². The number of hydrogen-bond acceptors (Lipinski definition) is 4. The number of nitrogens with one attached hydrogen (secondary N) is 2. The lowest BCUT2D eigenvalue weighted by molar-refractivity contribution is -0.123. The van der Waals surface area contributed by atoms with Gasteiger partial charge in [-0.1, -0.05) is 11.6 Å². The molecule has 1 aliphatic rings. The minimum absolute atomic E-state index is 0.00778. The number of amides is 1. The predicted octanol–water partition coefficient (Wildman–Crippen LogP) is 1.01. The minimum atomic E-state index is -0.251. The molecule has 2 heterocycles. The molecule has 1 fully saturated rings. The van der Waals surface area contributed by atoms with Crippen molar-refractivity contribution < 1.29 is 4.79 Å². The molecule has 0 saturated carbocycles. The highest BCUT2D eigenvalue weighted by atomic mass is 35.5. The van der Waals surface area contributed by atoms with Crippen molar-refractivity contribution in [2.24, 2.45) is 0 Å². The molecule has 0 aromatic carbocycles. The van der Waals surface area contributed by atoms with Crippen molar-refractivity contribution in [2.45, 2.75) is 18.9 Å². The van der Waals surface area contributed by atoms with E-state index in [4.69, 9.17) is 17.3 Å². The number of aromatic nitrogens is 1. The van der Waals surface area contributed by atoms with Crippen molar-refractivity contribution in [1.82, 2.24) is 10.3 Å². The van der Waals surface area contributed by atoms with Crippen LogP contribution in [0.3, 0.4) is 0 Å². The lowest BCUT2D eigenvalue weighted by atomic mass is 10.1. The van der Waals surface area contributed by atoms with Gasteiger partial charge in [-0.15, -0.1) is 0 Å². The van der Waals surface area contributed by atoms with Crippen molar-refractivity contribution in [2.75, 3.05) is 17.6 Å². The molecular formula is C10H13ClN4O. The van der Waals surface area contributed by atoms with Gasteiger partial charge in [0.15, 0.2) is 0 Å². The van der Waals surface area contributed by atoms with Crippen LogP contribution in [0.1, 0.15) is 12.8 Å². The van der Waals surface area contributed by atoms with E-state index in [1.54, 1.807) is 12.1 Å². The van der Waals surface area contributed by atoms with Crippen LogP contribution < -0.4 is 16.4 Å². The molecule has 0 bridgehead atoms. The van der Waals surface area contributed by atoms with Crippen LogP contribution in [-0.4, -0.2) is 23.5 Å². The van der Waals surface area contributed by atoms with Crippen LogP contribution in [0, 0.1) is 0 Å². The second-order valence-corrected chi connectivity index (χ2v) is 4.13. The summed E-state index contributed by atoms with van der Waals surface area (Å²) in [5, 5.41) is 6.13. The van der Waals surface area contributed by atoms with Crippen LogP contribution in [0.5, 0.6) is 0 Å². The van der Waals surface area contributed by atoms with Gasteiger partial charge in [-0.25, -0.2) is 4.98 Å². The number of rotatable bonds is 2. The van der Waals surface area contributed by atoms with Crippen LogP contribution in [0.25, 0.3) is 0 Å². The van der Waals surface area contributed by atoms with E-state index in [0.29, 0.717) is 16.7 Å². The Kier molecular flexibility index (Phi) is 3.14. The average Bonchev–Trinajstić information content (AvgIpc) is 2.20. The molecule has 1 saturated heterocycles. The summed E-state index contributed by atoms with van der Waals surface area (Å²) in [6.07, 6.45) is 1.75. The van der Waals surface area contributed by atoms with Crippen molar-refractivity contribution in [3.63, 3.8) is 0 Å². The minimum Gasteiger partial charge on any atom is -0.399 e. The quantitative estimate of drug-likeness (QED) is 0.674. The number of carbonyl (C=O) groups is 1. The molecule has 1 aromatic rings. The van der Waals surface area contributed by atoms with E-state index in [1.807, 2.05) is 0 Å². The molecule has 16 heavy (non-hydrogen) atoms. The fourth-order valence-corrected chi connectivity index (χ4v) is 1.90. The van der Waals surface area contributed by atoms with Gasteiger partial charge in [-0.3, -0.25) is 4.79 Å². The van der Waals surface area contributed by atoms with Crippen molar-refractivity contribution in [1.29, 1.82) is 0 Å². The molecule has 1 amide bonds. The molecule has 2 rings (SSSR count). The maximum absolute atomic E-state index is 11.5. The van der Waals surface area contributed by atoms with Crippen LogP contribution in [0.2, 0.25) is 5.15 Å². The summed E-state index contributed by atoms with van der Waals surface area (Å²) in [5.41, 5.74) is 6.16. The van der Waals surface area contributed by atoms with Crippen LogP contribution in [-0.2, 0) is 4.79 Å². The summed E-state index contributed by atoms with van der Waals surface area (Å²) < 4.78 is 0. The number of pyridine rings is 1. The lowest BCUT2D eigenvalue weighted by Crippen LogP contribution is -2.44. The van der Waals surface area contributed by atoms with E-state index in [-0.39, 0.29) is 11.9 Å². The Bertz CT molecular complexity index is 390. The summed E-state index contributed by atoms with van der Waals surface area (Å²) in [7, 11) is 0. The maximum atomic E-state index is 11.5. The SMILES string of the molecule is Nc1cc(Cl)nc(NC2CCCNC2=O)c1. The molecule has 6 heteroatoms. The van der Waals surface area contributed by atoms with Gasteiger partial charge in [-0.05, 0) is 18.9 Å². The van der Waals surface area contributed by atoms with Gasteiger partial charge < -0.3 is 16.4 Å². The van der Waals surface area contributed by atoms with Gasteiger partial charge >= 0.3 is 0 Å². The highest BCUT2D eigenvalue weighted by Gasteiger charge is 2.21. The summed E-state index contributed by atoms with van der Waals surface area (Å²) >= 11 is 5.77. The molecule has 1 unspecified atom stereocenters. The van der Waals surface area contributed by atoms with E-state index in [1.165, 1.54) is 0 Å². The van der Waals surface area contributed by atoms with Gasteiger partial charge in [0.05, 0.1) is 0 Å². The Morgan fingerprint density at radius 2 is 2.38 bits per heavy atom. The van der Waals surface area contributed by atoms with Gasteiger partial charge in [-0.2, -0.15) is 0 Å². The molecule has 1 atom stereocenters. The summed E-state index contributed by atoms with van der Waals surface area (Å²) in [6.45, 7) is 0.738. The monoisotopic (exact) mass is 240 g/mol. The molecule has 0 radical (unpaired) electrons. The molecule has 5 nitrogen and oxygen atoms in total. The largest absolute Gasteiger partial charge is 0.399 e. The van der Waals surface area contributed by atoms with Gasteiger partial charge in [0.1, 0.15) is 17.0 Å². The van der Waals surface area contributed by atoms with Crippen LogP contribution >= 0.6 is 11.6 Å². The summed E-state index contributed by atoms with van der Waals surface area (Å²) in [6, 6.07) is 2.97. The van der Waals surface area contributed by atoms with Gasteiger partial charge in [0, 0.05) is 18.3 Å². The number of halogens is 1. The van der Waals surface area contributed by atoms with Gasteiger partial charge in [0.2, 0.25) is 5.91 Å². The highest BCUT2D eigenvalue weighted by molar-refractivity contribution is 6.29. The van der Waals surface area contributed by atoms with Crippen LogP contribution in [0.15, 0.2) is 12.1 Å². The lowest BCUT2D eigenvalue weighted by Gasteiger charge is -2.23. The number of nitrogens with two attached hydrogens (primary N) is 1. The zero-order valence-corrected chi connectivity index (χ0v) is 9.42. The smallest absolute Gasteiger partial charge is 0.242 e. The van der Waals surface area contributed by atoms with E-state index < -0.39 is 0 Å². The Hall–Kier alpha value is -1.49. The third kappa shape index (κ3) is 2.55. The normalized spacial score (nSPS) is 20.3. The molecule has 4 N–H and O–H groups in total. The molecular weight excluding hydrogens is 228 g/mol. The number of piperidine rings is 1. The topological polar surface area (TPSA) is 80.0 Å². The number of hydrogen-bond donors (Lipinski definition) is 3. The fraction of sp³-hybridized carbons (Fsp3) is 0.400. The first-order valence-electron chi connectivity index (χ1n) is 5.12. The summed E-state index contributed by atoms with van der Waals surface area (Å²) in [5.74, 6) is 0.527. The molecule has 1 aromatic heterocycles. The Balaban J connectivity index is 2.10. The molecule has 1 aliphatic heterocycles. The first-order chi connectivity index (χ1) is 7.65. The zero-order valence-electron chi connectivity index (χ0n) is 8.66. The first kappa shape index (κ1) is 11.0. The second-order valence-electron chi connectivity index (χ2n) is 3.74. The zero-order chi connectivity index (χ0) is 11.5. The molecule has 86 valence electrons. The molecule has 0 aliphatic carbocycles. The number of carbonyl (C=O) groups excluding carboxylic acids is 1. The van der Waals surface area contributed by atoms with E-state index in [0.717, 1.165) is 19.4 Å². The Morgan fingerprint density at radius 3 is 3.06 bits per heavy atom. The second kappa shape index (κ2) is 4.57. The maximum Gasteiger partial charge on any atom is 0.242 e. The Morgan fingerprint density at radius 1 is 1.56 bits per heavy atom. The first-order valence-corrected chi connectivity index (χ1v) is 5.50. The number of anilines is 2. The average molecular weight is 241 g/mol. The number of nitrogens with zero attached hydrogens (tertiary/aromatic N) is 1. The standard InChI is InChI=1S/C10H13ClN4O/c11-8-4-6(12)5-9(15-8)14-7-2-1-3-13-10(7)16/h4-5,7H,1-3H2,(H,13,16)(H3,12,14,15). The van der Waals surface area contributed by atoms with Crippen molar-refractivity contribution >= 4 is 29.0 Å². The molecule has 0 spiro atoms. The van der Waals surface area contributed by atoms with Crippen molar-refractivity contribution in [3.05, 3.63) is 17.3 Å². The third-order valence-electron chi connectivity index (χ3n) is 2.42. The van der Waals surface area contributed by atoms with Crippen LogP contribution in [0.4, 0.5) is 11.5 Å². The predicted molar refractivity (Wildman–Crippen MR) is 63.3 cm³/mol. The van der Waals surface area contributed by atoms with E-state index in [2.05, 4.69) is 15.6 Å². The summed E-state index contributed by atoms with van der Waals surface area (Å²) in [4.78, 5) is 15.6. The van der Waals surface area contributed by atoms with E-state index in [9.17, 15) is 4.79 Å².